The molecule has 0 heterocycles. The summed E-state index contributed by atoms with van der Waals surface area (Å²) >= 11 is 0. The molecule has 37 heavy (non-hydrogen) atoms. The highest BCUT2D eigenvalue weighted by Crippen LogP contribution is 2.31. The van der Waals surface area contributed by atoms with E-state index in [2.05, 4.69) is 0 Å². The van der Waals surface area contributed by atoms with Gasteiger partial charge in [-0.05, 0) is 35.4 Å². The molecule has 1 aromatic rings. The summed E-state index contributed by atoms with van der Waals surface area (Å²) < 4.78 is 25.8. The van der Waals surface area contributed by atoms with Crippen LogP contribution < -0.4 is 15.2 Å². The van der Waals surface area contributed by atoms with E-state index in [-0.39, 0.29) is 68.1 Å². The van der Waals surface area contributed by atoms with Gasteiger partial charge in [-0.2, -0.15) is 0 Å². The van der Waals surface area contributed by atoms with Crippen molar-refractivity contribution in [1.29, 1.82) is 0 Å². The fourth-order valence-corrected chi connectivity index (χ4v) is 3.24. The zero-order chi connectivity index (χ0) is 28.2. The molecule has 10 heteroatoms. The van der Waals surface area contributed by atoms with Gasteiger partial charge in [-0.25, -0.2) is 4.79 Å². The number of hydrogen-bond donors (Lipinski definition) is 1. The Hall–Kier alpha value is -3.14. The van der Waals surface area contributed by atoms with Crippen molar-refractivity contribution < 1.29 is 42.9 Å². The minimum Gasteiger partial charge on any atom is -0.468 e. The van der Waals surface area contributed by atoms with Crippen molar-refractivity contribution in [2.45, 2.75) is 72.8 Å². The van der Waals surface area contributed by atoms with E-state index < -0.39 is 29.6 Å². The molecule has 0 saturated carbocycles. The van der Waals surface area contributed by atoms with E-state index in [9.17, 15) is 19.2 Å². The van der Waals surface area contributed by atoms with E-state index in [1.165, 1.54) is 19.2 Å². The van der Waals surface area contributed by atoms with Crippen LogP contribution >= 0.6 is 0 Å². The van der Waals surface area contributed by atoms with Crippen LogP contribution in [0.1, 0.15) is 66.4 Å². The number of esters is 3. The zero-order valence-electron chi connectivity index (χ0n) is 23.0. The molecule has 208 valence electrons. The first-order chi connectivity index (χ1) is 17.2. The maximum atomic E-state index is 12.6. The Morgan fingerprint density at radius 2 is 1.41 bits per heavy atom. The standard InChI is InChI=1S/C27H41NO9/c1-17(2)12-23(29)36-21-9-8-20(14-22(21)37-24(30)13-18(3)4)15-27(28,25(31)33-7)10-11-34-26(32)35-16-19(5)6/h8-9,14,17-19H,10-13,15-16,28H2,1-7H3. The Morgan fingerprint density at radius 1 is 0.838 bits per heavy atom. The lowest BCUT2D eigenvalue weighted by atomic mass is 9.88. The van der Waals surface area contributed by atoms with Gasteiger partial charge in [-0.15, -0.1) is 0 Å². The third kappa shape index (κ3) is 12.1. The molecular weight excluding hydrogens is 482 g/mol. The molecule has 1 unspecified atom stereocenters. The summed E-state index contributed by atoms with van der Waals surface area (Å²) in [5, 5.41) is 0. The predicted octanol–water partition coefficient (Wildman–Crippen LogP) is 4.20. The van der Waals surface area contributed by atoms with Gasteiger partial charge in [0.15, 0.2) is 11.5 Å². The van der Waals surface area contributed by atoms with Crippen LogP contribution in [0.2, 0.25) is 0 Å². The first kappa shape index (κ1) is 31.9. The van der Waals surface area contributed by atoms with Gasteiger partial charge in [0.25, 0.3) is 0 Å². The number of ether oxygens (including phenoxy) is 5. The van der Waals surface area contributed by atoms with Crippen LogP contribution in [-0.2, 0) is 35.0 Å². The molecule has 0 fully saturated rings. The van der Waals surface area contributed by atoms with Crippen LogP contribution in [0.25, 0.3) is 0 Å². The van der Waals surface area contributed by atoms with Gasteiger partial charge < -0.3 is 29.4 Å². The zero-order valence-corrected chi connectivity index (χ0v) is 23.0. The van der Waals surface area contributed by atoms with Crippen LogP contribution in [-0.4, -0.2) is 49.9 Å². The van der Waals surface area contributed by atoms with Crippen molar-refractivity contribution in [3.63, 3.8) is 0 Å². The van der Waals surface area contributed by atoms with Crippen molar-refractivity contribution in [2.75, 3.05) is 20.3 Å². The molecule has 0 aromatic heterocycles. The van der Waals surface area contributed by atoms with E-state index in [4.69, 9.17) is 29.4 Å². The molecule has 1 atom stereocenters. The monoisotopic (exact) mass is 523 g/mol. The van der Waals surface area contributed by atoms with Gasteiger partial charge in [0, 0.05) is 25.7 Å². The summed E-state index contributed by atoms with van der Waals surface area (Å²) in [6.07, 6.45) is -0.581. The lowest BCUT2D eigenvalue weighted by Crippen LogP contribution is -2.51. The number of carbonyl (C=O) groups is 4. The molecule has 1 aromatic carbocycles. The molecule has 0 saturated heterocycles. The summed E-state index contributed by atoms with van der Waals surface area (Å²) in [6.45, 7) is 11.3. The van der Waals surface area contributed by atoms with E-state index in [0.717, 1.165) is 0 Å². The molecule has 0 aliphatic heterocycles. The average Bonchev–Trinajstić information content (AvgIpc) is 2.77. The van der Waals surface area contributed by atoms with Gasteiger partial charge in [-0.1, -0.05) is 47.6 Å². The lowest BCUT2D eigenvalue weighted by Gasteiger charge is -2.26. The number of hydrogen-bond acceptors (Lipinski definition) is 10. The Labute approximate surface area is 219 Å². The van der Waals surface area contributed by atoms with Crippen molar-refractivity contribution >= 4 is 24.1 Å². The molecule has 0 bridgehead atoms. The predicted molar refractivity (Wildman–Crippen MR) is 136 cm³/mol. The number of rotatable bonds is 14. The highest BCUT2D eigenvalue weighted by molar-refractivity contribution is 5.81. The highest BCUT2D eigenvalue weighted by atomic mass is 16.7. The van der Waals surface area contributed by atoms with Gasteiger partial charge in [0.05, 0.1) is 20.3 Å². The normalized spacial score (nSPS) is 12.7. The summed E-state index contributed by atoms with van der Waals surface area (Å²) in [4.78, 5) is 48.9. The average molecular weight is 524 g/mol. The Kier molecular flexibility index (Phi) is 13.1. The molecule has 0 aliphatic carbocycles. The van der Waals surface area contributed by atoms with Crippen molar-refractivity contribution in [1.82, 2.24) is 0 Å². The Bertz CT molecular complexity index is 926. The number of carbonyl (C=O) groups excluding carboxylic acids is 4. The van der Waals surface area contributed by atoms with E-state index in [1.807, 2.05) is 41.5 Å². The molecule has 1 rings (SSSR count). The lowest BCUT2D eigenvalue weighted by molar-refractivity contribution is -0.147. The smallest absolute Gasteiger partial charge is 0.468 e. The number of nitrogens with two attached hydrogens (primary N) is 1. The molecule has 0 radical (unpaired) electrons. The summed E-state index contributed by atoms with van der Waals surface area (Å²) in [6, 6.07) is 4.60. The van der Waals surface area contributed by atoms with Gasteiger partial charge in [0.2, 0.25) is 0 Å². The molecule has 10 nitrogen and oxygen atoms in total. The third-order valence-electron chi connectivity index (χ3n) is 5.02. The maximum Gasteiger partial charge on any atom is 0.508 e. The Balaban J connectivity index is 3.11. The fourth-order valence-electron chi connectivity index (χ4n) is 3.24. The van der Waals surface area contributed by atoms with E-state index in [0.29, 0.717) is 5.56 Å². The molecular formula is C27H41NO9. The summed E-state index contributed by atoms with van der Waals surface area (Å²) in [7, 11) is 1.21. The molecule has 0 amide bonds. The highest BCUT2D eigenvalue weighted by Gasteiger charge is 2.36. The first-order valence-corrected chi connectivity index (χ1v) is 12.5. The fraction of sp³-hybridized carbons (Fsp3) is 0.630. The summed E-state index contributed by atoms with van der Waals surface area (Å²) in [5.41, 5.74) is 5.35. The van der Waals surface area contributed by atoms with Gasteiger partial charge in [-0.3, -0.25) is 14.4 Å². The Morgan fingerprint density at radius 3 is 1.92 bits per heavy atom. The largest absolute Gasteiger partial charge is 0.508 e. The van der Waals surface area contributed by atoms with E-state index >= 15 is 0 Å². The minimum absolute atomic E-state index is 0.0287. The van der Waals surface area contributed by atoms with Crippen LogP contribution in [0.5, 0.6) is 11.5 Å². The van der Waals surface area contributed by atoms with Crippen LogP contribution in [0.4, 0.5) is 4.79 Å². The van der Waals surface area contributed by atoms with Gasteiger partial charge >= 0.3 is 24.1 Å². The van der Waals surface area contributed by atoms with Crippen LogP contribution in [0, 0.1) is 17.8 Å². The molecule has 2 N–H and O–H groups in total. The number of benzene rings is 1. The summed E-state index contributed by atoms with van der Waals surface area (Å²) in [5.74, 6) is -1.25. The van der Waals surface area contributed by atoms with Crippen LogP contribution in [0.15, 0.2) is 18.2 Å². The second-order valence-electron chi connectivity index (χ2n) is 10.3. The second kappa shape index (κ2) is 15.2. The number of methoxy groups -OCH3 is 1. The molecule has 0 spiro atoms. The third-order valence-corrected chi connectivity index (χ3v) is 5.02. The van der Waals surface area contributed by atoms with Crippen molar-refractivity contribution in [3.8, 4) is 11.5 Å². The first-order valence-electron chi connectivity index (χ1n) is 12.5. The van der Waals surface area contributed by atoms with Crippen molar-refractivity contribution in [2.24, 2.45) is 23.5 Å². The van der Waals surface area contributed by atoms with Gasteiger partial charge in [0.1, 0.15) is 5.54 Å². The second-order valence-corrected chi connectivity index (χ2v) is 10.3. The topological polar surface area (TPSA) is 140 Å². The van der Waals surface area contributed by atoms with Crippen LogP contribution in [0.3, 0.4) is 0 Å². The quantitative estimate of drug-likeness (QED) is 0.278. The minimum atomic E-state index is -1.55. The van der Waals surface area contributed by atoms with Crippen molar-refractivity contribution in [3.05, 3.63) is 23.8 Å². The molecule has 0 aliphatic rings. The van der Waals surface area contributed by atoms with E-state index in [1.54, 1.807) is 6.07 Å². The maximum absolute atomic E-state index is 12.6. The SMILES string of the molecule is COC(=O)C(N)(CCOC(=O)OCC(C)C)Cc1ccc(OC(=O)CC(C)C)c(OC(=O)CC(C)C)c1.